The highest BCUT2D eigenvalue weighted by Gasteiger charge is 2.32. The van der Waals surface area contributed by atoms with E-state index in [2.05, 4.69) is 45.0 Å². The van der Waals surface area contributed by atoms with Crippen molar-refractivity contribution in [2.75, 3.05) is 52.8 Å². The van der Waals surface area contributed by atoms with E-state index in [1.165, 1.54) is 5.69 Å². The third kappa shape index (κ3) is 4.08. The average molecular weight is 427 g/mol. The fourth-order valence-corrected chi connectivity index (χ4v) is 4.71. The zero-order valence-electron chi connectivity index (χ0n) is 19.3. The lowest BCUT2D eigenvalue weighted by molar-refractivity contribution is 0.190. The summed E-state index contributed by atoms with van der Waals surface area (Å²) >= 11 is 0. The van der Waals surface area contributed by atoms with Crippen molar-refractivity contribution in [3.63, 3.8) is 0 Å². The van der Waals surface area contributed by atoms with Crippen LogP contribution in [0.3, 0.4) is 0 Å². The Labute approximate surface area is 184 Å². The van der Waals surface area contributed by atoms with Gasteiger partial charge in [0.1, 0.15) is 5.75 Å². The van der Waals surface area contributed by atoms with Crippen LogP contribution in [-0.4, -0.2) is 73.5 Å². The summed E-state index contributed by atoms with van der Waals surface area (Å²) in [7, 11) is 7.61. The Bertz CT molecular complexity index is 948. The van der Waals surface area contributed by atoms with E-state index < -0.39 is 0 Å². The molecule has 1 aromatic heterocycles. The zero-order valence-corrected chi connectivity index (χ0v) is 19.3. The van der Waals surface area contributed by atoms with Gasteiger partial charge in [-0.05, 0) is 51.5 Å². The number of hydrogen-bond acceptors (Lipinski definition) is 5. The molecule has 1 N–H and O–H groups in total. The molecule has 2 aromatic rings. The molecule has 0 unspecified atom stereocenters. The number of aryl methyl sites for hydroxylation is 1. The summed E-state index contributed by atoms with van der Waals surface area (Å²) < 4.78 is 7.80. The lowest BCUT2D eigenvalue weighted by Gasteiger charge is -2.32. The van der Waals surface area contributed by atoms with Gasteiger partial charge in [-0.2, -0.15) is 5.10 Å². The van der Waals surface area contributed by atoms with E-state index in [1.54, 1.807) is 14.2 Å². The van der Waals surface area contributed by atoms with Gasteiger partial charge < -0.3 is 24.8 Å². The Morgan fingerprint density at radius 1 is 1.26 bits per heavy atom. The standard InChI is InChI=1S/C23H34N6O2/c1-16-6-7-18(14-21(16)31-5)27(4)22-19-15-28(23(30)24-2)13-10-20(19)29(25-22)17-8-11-26(3)12-9-17/h6-7,14,17H,8-13,15H2,1-5H3,(H,24,30). The minimum Gasteiger partial charge on any atom is -0.496 e. The number of carbonyl (C=O) groups is 1. The van der Waals surface area contributed by atoms with Gasteiger partial charge in [0.2, 0.25) is 0 Å². The first-order chi connectivity index (χ1) is 14.9. The molecule has 168 valence electrons. The molecule has 0 atom stereocenters. The number of urea groups is 1. The summed E-state index contributed by atoms with van der Waals surface area (Å²) in [5, 5.41) is 7.91. The van der Waals surface area contributed by atoms with Crippen LogP contribution in [-0.2, 0) is 13.0 Å². The number of nitrogens with one attached hydrogen (secondary N) is 1. The van der Waals surface area contributed by atoms with Gasteiger partial charge in [-0.15, -0.1) is 0 Å². The van der Waals surface area contributed by atoms with Crippen LogP contribution in [0.5, 0.6) is 5.75 Å². The van der Waals surface area contributed by atoms with Crippen LogP contribution in [0.4, 0.5) is 16.3 Å². The molecule has 0 aliphatic carbocycles. The van der Waals surface area contributed by atoms with E-state index >= 15 is 0 Å². The fraction of sp³-hybridized carbons (Fsp3) is 0.565. The number of ether oxygens (including phenoxy) is 1. The number of fused-ring (bicyclic) bond motifs is 1. The summed E-state index contributed by atoms with van der Waals surface area (Å²) in [6, 6.07) is 6.59. The molecule has 2 aliphatic heterocycles. The van der Waals surface area contributed by atoms with Crippen LogP contribution in [0.2, 0.25) is 0 Å². The Morgan fingerprint density at radius 2 is 2.00 bits per heavy atom. The van der Waals surface area contributed by atoms with Gasteiger partial charge in [-0.1, -0.05) is 6.07 Å². The number of likely N-dealkylation sites (tertiary alicyclic amines) is 1. The molecule has 0 spiro atoms. The van der Waals surface area contributed by atoms with Crippen molar-refractivity contribution in [2.24, 2.45) is 0 Å². The number of amides is 2. The highest BCUT2D eigenvalue weighted by Crippen LogP contribution is 2.36. The van der Waals surface area contributed by atoms with Crippen LogP contribution in [0.15, 0.2) is 18.2 Å². The fourth-order valence-electron chi connectivity index (χ4n) is 4.71. The molecule has 3 heterocycles. The lowest BCUT2D eigenvalue weighted by Crippen LogP contribution is -2.42. The van der Waals surface area contributed by atoms with Gasteiger partial charge >= 0.3 is 6.03 Å². The quantitative estimate of drug-likeness (QED) is 0.814. The number of benzene rings is 1. The SMILES string of the molecule is CNC(=O)N1CCc2c(c(N(C)c3ccc(C)c(OC)c3)nn2C2CCN(C)CC2)C1. The van der Waals surface area contributed by atoms with Crippen molar-refractivity contribution < 1.29 is 9.53 Å². The second-order valence-electron chi connectivity index (χ2n) is 8.67. The second kappa shape index (κ2) is 8.78. The maximum absolute atomic E-state index is 12.3. The van der Waals surface area contributed by atoms with E-state index in [0.717, 1.165) is 60.7 Å². The molecular weight excluding hydrogens is 392 g/mol. The van der Waals surface area contributed by atoms with E-state index in [4.69, 9.17) is 9.84 Å². The number of piperidine rings is 1. The van der Waals surface area contributed by atoms with Gasteiger partial charge in [-0.3, -0.25) is 4.68 Å². The number of anilines is 2. The summed E-state index contributed by atoms with van der Waals surface area (Å²) in [4.78, 5) is 18.7. The van der Waals surface area contributed by atoms with Crippen LogP contribution < -0.4 is 15.0 Å². The van der Waals surface area contributed by atoms with Gasteiger partial charge in [-0.25, -0.2) is 4.79 Å². The Balaban J connectivity index is 1.73. The van der Waals surface area contributed by atoms with Gasteiger partial charge in [0.15, 0.2) is 5.82 Å². The van der Waals surface area contributed by atoms with E-state index in [-0.39, 0.29) is 6.03 Å². The maximum Gasteiger partial charge on any atom is 0.317 e. The molecular formula is C23H34N6O2. The smallest absolute Gasteiger partial charge is 0.317 e. The van der Waals surface area contributed by atoms with Crippen LogP contribution >= 0.6 is 0 Å². The van der Waals surface area contributed by atoms with Gasteiger partial charge in [0.05, 0.1) is 19.7 Å². The minimum atomic E-state index is -0.0386. The molecule has 0 radical (unpaired) electrons. The van der Waals surface area contributed by atoms with E-state index in [1.807, 2.05) is 18.9 Å². The van der Waals surface area contributed by atoms with Crippen LogP contribution in [0, 0.1) is 6.92 Å². The number of methoxy groups -OCH3 is 1. The van der Waals surface area contributed by atoms with Crippen molar-refractivity contribution in [2.45, 2.75) is 38.8 Å². The van der Waals surface area contributed by atoms with Crippen LogP contribution in [0.25, 0.3) is 0 Å². The minimum absolute atomic E-state index is 0.0386. The van der Waals surface area contributed by atoms with Crippen molar-refractivity contribution in [1.82, 2.24) is 24.9 Å². The number of carbonyl (C=O) groups excluding carboxylic acids is 1. The molecule has 8 nitrogen and oxygen atoms in total. The Morgan fingerprint density at radius 3 is 2.68 bits per heavy atom. The zero-order chi connectivity index (χ0) is 22.1. The second-order valence-corrected chi connectivity index (χ2v) is 8.67. The summed E-state index contributed by atoms with van der Waals surface area (Å²) in [5.74, 6) is 1.79. The van der Waals surface area contributed by atoms with E-state index in [0.29, 0.717) is 19.1 Å². The van der Waals surface area contributed by atoms with Gasteiger partial charge in [0, 0.05) is 50.1 Å². The molecule has 31 heavy (non-hydrogen) atoms. The Kier molecular flexibility index (Phi) is 6.09. The number of hydrogen-bond donors (Lipinski definition) is 1. The topological polar surface area (TPSA) is 65.9 Å². The average Bonchev–Trinajstić information content (AvgIpc) is 3.17. The van der Waals surface area contributed by atoms with Crippen LogP contribution in [0.1, 0.15) is 35.7 Å². The number of aromatic nitrogens is 2. The third-order valence-electron chi connectivity index (χ3n) is 6.70. The van der Waals surface area contributed by atoms with E-state index in [9.17, 15) is 4.79 Å². The molecule has 8 heteroatoms. The normalized spacial score (nSPS) is 17.4. The predicted octanol–water partition coefficient (Wildman–Crippen LogP) is 2.93. The first-order valence-electron chi connectivity index (χ1n) is 11.1. The maximum atomic E-state index is 12.3. The summed E-state index contributed by atoms with van der Waals surface area (Å²) in [6.45, 7) is 5.51. The van der Waals surface area contributed by atoms with Crippen molar-refractivity contribution in [1.29, 1.82) is 0 Å². The highest BCUT2D eigenvalue weighted by atomic mass is 16.5. The van der Waals surface area contributed by atoms with Crippen molar-refractivity contribution in [3.05, 3.63) is 35.0 Å². The largest absolute Gasteiger partial charge is 0.496 e. The molecule has 2 amide bonds. The molecule has 0 bridgehead atoms. The Hall–Kier alpha value is -2.74. The summed E-state index contributed by atoms with van der Waals surface area (Å²) in [5.41, 5.74) is 4.55. The third-order valence-corrected chi connectivity index (χ3v) is 6.70. The molecule has 4 rings (SSSR count). The molecule has 1 saturated heterocycles. The number of rotatable bonds is 4. The van der Waals surface area contributed by atoms with Gasteiger partial charge in [0.25, 0.3) is 0 Å². The lowest BCUT2D eigenvalue weighted by atomic mass is 10.0. The first-order valence-corrected chi connectivity index (χ1v) is 11.1. The molecule has 2 aliphatic rings. The molecule has 1 aromatic carbocycles. The first kappa shape index (κ1) is 21.5. The predicted molar refractivity (Wildman–Crippen MR) is 122 cm³/mol. The summed E-state index contributed by atoms with van der Waals surface area (Å²) in [6.07, 6.45) is 3.03. The number of nitrogens with zero attached hydrogens (tertiary/aromatic N) is 5. The molecule has 1 fully saturated rings. The molecule has 0 saturated carbocycles. The highest BCUT2D eigenvalue weighted by molar-refractivity contribution is 5.75. The monoisotopic (exact) mass is 426 g/mol. The van der Waals surface area contributed by atoms with Crippen molar-refractivity contribution in [3.8, 4) is 5.75 Å². The van der Waals surface area contributed by atoms with Crippen molar-refractivity contribution >= 4 is 17.5 Å².